The average molecular weight is 537 g/mol. The first-order valence-electron chi connectivity index (χ1n) is 12.8. The summed E-state index contributed by atoms with van der Waals surface area (Å²) in [6.07, 6.45) is 6.94. The molecule has 0 radical (unpaired) electrons. The molecule has 0 fully saturated rings. The minimum atomic E-state index is -0.586. The Bertz CT molecular complexity index is 1100. The van der Waals surface area contributed by atoms with Gasteiger partial charge in [-0.25, -0.2) is 9.59 Å². The molecule has 0 atom stereocenters. The van der Waals surface area contributed by atoms with Crippen LogP contribution in [0.15, 0.2) is 73.3 Å². The lowest BCUT2D eigenvalue weighted by atomic mass is 10.1. The Morgan fingerprint density at radius 2 is 1.23 bits per heavy atom. The van der Waals surface area contributed by atoms with Crippen LogP contribution >= 0.6 is 0 Å². The van der Waals surface area contributed by atoms with E-state index in [1.54, 1.807) is 6.92 Å². The van der Waals surface area contributed by atoms with Crippen LogP contribution in [0.5, 0.6) is 11.5 Å². The molecule has 8 nitrogen and oxygen atoms in total. The van der Waals surface area contributed by atoms with Gasteiger partial charge in [0.05, 0.1) is 39.5 Å². The second-order valence-electron chi connectivity index (χ2n) is 8.32. The first kappa shape index (κ1) is 30.9. The Hall–Kier alpha value is -4.33. The van der Waals surface area contributed by atoms with E-state index in [4.69, 9.17) is 23.7 Å². The first-order chi connectivity index (χ1) is 18.9. The Morgan fingerprint density at radius 3 is 1.77 bits per heavy atom. The molecule has 0 aliphatic heterocycles. The van der Waals surface area contributed by atoms with Gasteiger partial charge in [-0.05, 0) is 55.2 Å². The second-order valence-corrected chi connectivity index (χ2v) is 8.32. The van der Waals surface area contributed by atoms with Crippen molar-refractivity contribution in [2.45, 2.75) is 32.6 Å². The highest BCUT2D eigenvalue weighted by atomic mass is 16.5. The molecule has 0 aliphatic carbocycles. The van der Waals surface area contributed by atoms with Gasteiger partial charge < -0.3 is 23.7 Å². The maximum atomic E-state index is 11.8. The number of ether oxygens (including phenoxy) is 5. The fourth-order valence-corrected chi connectivity index (χ4v) is 3.14. The highest BCUT2D eigenvalue weighted by molar-refractivity contribution is 5.93. The fraction of sp³-hybridized carbons (Fsp3) is 0.323. The summed E-state index contributed by atoms with van der Waals surface area (Å²) in [5.41, 5.74) is 2.15. The molecule has 0 unspecified atom stereocenters. The van der Waals surface area contributed by atoms with Gasteiger partial charge in [0, 0.05) is 18.1 Å². The Labute approximate surface area is 229 Å². The van der Waals surface area contributed by atoms with E-state index in [0.717, 1.165) is 28.7 Å². The molecule has 0 aromatic heterocycles. The van der Waals surface area contributed by atoms with Crippen LogP contribution in [0, 0.1) is 0 Å². The molecule has 0 amide bonds. The van der Waals surface area contributed by atoms with Crippen LogP contribution < -0.4 is 9.47 Å². The molecular formula is C31H36O8. The molecule has 0 heterocycles. The van der Waals surface area contributed by atoms with Crippen LogP contribution in [-0.4, -0.2) is 50.9 Å². The van der Waals surface area contributed by atoms with Crippen molar-refractivity contribution >= 4 is 30.1 Å². The van der Waals surface area contributed by atoms with Gasteiger partial charge in [-0.1, -0.05) is 49.6 Å². The van der Waals surface area contributed by atoms with E-state index >= 15 is 0 Å². The molecule has 2 aromatic carbocycles. The highest BCUT2D eigenvalue weighted by Gasteiger charge is 2.13. The van der Waals surface area contributed by atoms with Crippen molar-refractivity contribution in [1.82, 2.24) is 0 Å². The van der Waals surface area contributed by atoms with Gasteiger partial charge in [-0.3, -0.25) is 4.79 Å². The maximum Gasteiger partial charge on any atom is 0.333 e. The molecule has 0 bridgehead atoms. The summed E-state index contributed by atoms with van der Waals surface area (Å²) >= 11 is 0. The summed E-state index contributed by atoms with van der Waals surface area (Å²) < 4.78 is 26.2. The van der Waals surface area contributed by atoms with Crippen LogP contribution in [0.2, 0.25) is 0 Å². The Kier molecular flexibility index (Phi) is 14.3. The predicted octanol–water partition coefficient (Wildman–Crippen LogP) is 5.57. The third kappa shape index (κ3) is 13.2. The van der Waals surface area contributed by atoms with Gasteiger partial charge in [-0.15, -0.1) is 0 Å². The van der Waals surface area contributed by atoms with Crippen molar-refractivity contribution in [1.29, 1.82) is 0 Å². The maximum absolute atomic E-state index is 11.8. The van der Waals surface area contributed by atoms with E-state index in [2.05, 4.69) is 13.2 Å². The normalized spacial score (nSPS) is 10.5. The van der Waals surface area contributed by atoms with E-state index in [9.17, 15) is 14.4 Å². The van der Waals surface area contributed by atoms with Crippen molar-refractivity contribution < 1.29 is 38.1 Å². The minimum Gasteiger partial charge on any atom is -0.494 e. The number of carbonyl (C=O) groups is 3. The van der Waals surface area contributed by atoms with E-state index in [0.29, 0.717) is 39.1 Å². The number of unbranched alkanes of at least 4 members (excludes halogenated alkanes) is 1. The van der Waals surface area contributed by atoms with E-state index in [-0.39, 0.29) is 25.2 Å². The monoisotopic (exact) mass is 536 g/mol. The van der Waals surface area contributed by atoms with Gasteiger partial charge in [0.15, 0.2) is 0 Å². The molecule has 8 heteroatoms. The molecule has 0 aliphatic rings. The quantitative estimate of drug-likeness (QED) is 0.0802. The SMILES string of the molecule is C=CC(=O)OCCCOc1ccc(/C=C/c2ccc(OCCCCOC(=O)C(=C)CC(=O)OCC)cc2)cc1. The largest absolute Gasteiger partial charge is 0.494 e. The smallest absolute Gasteiger partial charge is 0.333 e. The predicted molar refractivity (Wildman–Crippen MR) is 149 cm³/mol. The Balaban J connectivity index is 1.62. The van der Waals surface area contributed by atoms with E-state index in [1.165, 1.54) is 0 Å². The second kappa shape index (κ2) is 18.0. The zero-order valence-electron chi connectivity index (χ0n) is 22.4. The third-order valence-corrected chi connectivity index (χ3v) is 5.19. The van der Waals surface area contributed by atoms with Gasteiger partial charge in [0.1, 0.15) is 11.5 Å². The summed E-state index contributed by atoms with van der Waals surface area (Å²) in [6.45, 7) is 10.3. The zero-order valence-corrected chi connectivity index (χ0v) is 22.4. The van der Waals surface area contributed by atoms with Crippen molar-refractivity contribution in [3.63, 3.8) is 0 Å². The number of hydrogen-bond acceptors (Lipinski definition) is 8. The number of esters is 3. The molecule has 0 saturated heterocycles. The van der Waals surface area contributed by atoms with Gasteiger partial charge in [0.2, 0.25) is 0 Å². The summed E-state index contributed by atoms with van der Waals surface area (Å²) in [5.74, 6) is -0.000755. The zero-order chi connectivity index (χ0) is 28.3. The molecule has 2 rings (SSSR count). The van der Waals surface area contributed by atoms with Gasteiger partial charge in [-0.2, -0.15) is 0 Å². The average Bonchev–Trinajstić information content (AvgIpc) is 2.94. The lowest BCUT2D eigenvalue weighted by Gasteiger charge is -2.08. The third-order valence-electron chi connectivity index (χ3n) is 5.19. The standard InChI is InChI=1S/C31H36O8/c1-4-29(32)38-22-8-21-37-28-17-13-26(14-18-28)10-9-25-11-15-27(16-12-25)36-19-6-7-20-39-31(34)24(3)23-30(33)35-5-2/h4,9-18H,1,3,5-8,19-23H2,2H3/b10-9+. The lowest BCUT2D eigenvalue weighted by Crippen LogP contribution is -2.13. The Morgan fingerprint density at radius 1 is 0.718 bits per heavy atom. The first-order valence-corrected chi connectivity index (χ1v) is 12.8. The summed E-state index contributed by atoms with van der Waals surface area (Å²) in [6, 6.07) is 15.5. The molecule has 0 N–H and O–H groups in total. The van der Waals surface area contributed by atoms with E-state index < -0.39 is 17.9 Å². The van der Waals surface area contributed by atoms with Gasteiger partial charge >= 0.3 is 17.9 Å². The molecule has 0 saturated carbocycles. The van der Waals surface area contributed by atoms with Crippen LogP contribution in [0.1, 0.15) is 43.7 Å². The molecule has 2 aromatic rings. The topological polar surface area (TPSA) is 97.4 Å². The van der Waals surface area contributed by atoms with Crippen LogP contribution in [-0.2, 0) is 28.6 Å². The molecule has 39 heavy (non-hydrogen) atoms. The number of carbonyl (C=O) groups excluding carboxylic acids is 3. The fourth-order valence-electron chi connectivity index (χ4n) is 3.14. The van der Waals surface area contributed by atoms with Crippen LogP contribution in [0.4, 0.5) is 0 Å². The lowest BCUT2D eigenvalue weighted by molar-refractivity contribution is -0.146. The van der Waals surface area contributed by atoms with Crippen LogP contribution in [0.3, 0.4) is 0 Å². The number of rotatable bonds is 18. The van der Waals surface area contributed by atoms with E-state index in [1.807, 2.05) is 60.7 Å². The number of benzene rings is 2. The van der Waals surface area contributed by atoms with Crippen molar-refractivity contribution in [2.24, 2.45) is 0 Å². The van der Waals surface area contributed by atoms with Crippen molar-refractivity contribution in [2.75, 3.05) is 33.0 Å². The molecule has 208 valence electrons. The molecule has 0 spiro atoms. The minimum absolute atomic E-state index is 0.0855. The highest BCUT2D eigenvalue weighted by Crippen LogP contribution is 2.17. The summed E-state index contributed by atoms with van der Waals surface area (Å²) in [4.78, 5) is 34.2. The van der Waals surface area contributed by atoms with Crippen molar-refractivity contribution in [3.8, 4) is 11.5 Å². The summed E-state index contributed by atoms with van der Waals surface area (Å²) in [7, 11) is 0. The molecular weight excluding hydrogens is 500 g/mol. The summed E-state index contributed by atoms with van der Waals surface area (Å²) in [5, 5.41) is 0. The number of hydrogen-bond donors (Lipinski definition) is 0. The van der Waals surface area contributed by atoms with Crippen LogP contribution in [0.25, 0.3) is 12.2 Å². The van der Waals surface area contributed by atoms with Gasteiger partial charge in [0.25, 0.3) is 0 Å². The van der Waals surface area contributed by atoms with Crippen molar-refractivity contribution in [3.05, 3.63) is 84.5 Å².